The zero-order chi connectivity index (χ0) is 16.1. The third-order valence-corrected chi connectivity index (χ3v) is 5.82. The van der Waals surface area contributed by atoms with E-state index in [9.17, 15) is 4.39 Å². The molecule has 0 saturated heterocycles. The summed E-state index contributed by atoms with van der Waals surface area (Å²) in [7, 11) is 0. The fourth-order valence-electron chi connectivity index (χ4n) is 4.54. The molecule has 2 aliphatic rings. The van der Waals surface area contributed by atoms with Gasteiger partial charge in [0.15, 0.2) is 0 Å². The van der Waals surface area contributed by atoms with E-state index in [0.29, 0.717) is 23.3 Å². The molecule has 2 aromatic carbocycles. The maximum absolute atomic E-state index is 14.0. The van der Waals surface area contributed by atoms with Gasteiger partial charge in [0.1, 0.15) is 11.6 Å². The molecule has 24 heavy (non-hydrogen) atoms. The summed E-state index contributed by atoms with van der Waals surface area (Å²) in [6, 6.07) is 16.2. The van der Waals surface area contributed by atoms with Crippen molar-refractivity contribution in [1.29, 1.82) is 0 Å². The third kappa shape index (κ3) is 2.04. The second-order valence-corrected chi connectivity index (χ2v) is 6.99. The molecule has 1 aromatic heterocycles. The first-order valence-electron chi connectivity index (χ1n) is 8.69. The Bertz CT molecular complexity index is 921. The lowest BCUT2D eigenvalue weighted by atomic mass is 9.60. The van der Waals surface area contributed by atoms with E-state index >= 15 is 0 Å². The molecule has 1 heterocycles. The minimum atomic E-state index is -0.184. The lowest BCUT2D eigenvalue weighted by Gasteiger charge is -2.49. The van der Waals surface area contributed by atoms with E-state index in [1.54, 1.807) is 18.3 Å². The maximum atomic E-state index is 14.0. The Hall–Kier alpha value is -2.42. The Balaban J connectivity index is 1.43. The molecule has 1 saturated carbocycles. The van der Waals surface area contributed by atoms with Crippen molar-refractivity contribution >= 4 is 16.6 Å². The van der Waals surface area contributed by atoms with Crippen LogP contribution in [0.4, 0.5) is 10.2 Å². The van der Waals surface area contributed by atoms with E-state index < -0.39 is 0 Å². The first-order chi connectivity index (χ1) is 11.8. The van der Waals surface area contributed by atoms with Gasteiger partial charge in [-0.3, -0.25) is 0 Å². The molecule has 3 unspecified atom stereocenters. The van der Waals surface area contributed by atoms with Crippen molar-refractivity contribution in [2.45, 2.75) is 31.2 Å². The number of aromatic nitrogens is 1. The number of pyridine rings is 1. The van der Waals surface area contributed by atoms with Crippen LogP contribution >= 0.6 is 0 Å². The van der Waals surface area contributed by atoms with Gasteiger partial charge >= 0.3 is 0 Å². The SMILES string of the molecule is Fc1cccc2c(NC3CC4c5ccccc5CCC34)nccc12. The van der Waals surface area contributed by atoms with Crippen LogP contribution in [-0.2, 0) is 6.42 Å². The van der Waals surface area contributed by atoms with Crippen LogP contribution in [-0.4, -0.2) is 11.0 Å². The Morgan fingerprint density at radius 2 is 1.92 bits per heavy atom. The van der Waals surface area contributed by atoms with Gasteiger partial charge in [-0.05, 0) is 54.4 Å². The van der Waals surface area contributed by atoms with Crippen LogP contribution in [0.15, 0.2) is 54.7 Å². The van der Waals surface area contributed by atoms with Gasteiger partial charge in [-0.15, -0.1) is 0 Å². The zero-order valence-corrected chi connectivity index (χ0v) is 13.4. The van der Waals surface area contributed by atoms with Crippen molar-refractivity contribution in [1.82, 2.24) is 4.98 Å². The normalized spacial score (nSPS) is 24.8. The summed E-state index contributed by atoms with van der Waals surface area (Å²) in [4.78, 5) is 4.47. The van der Waals surface area contributed by atoms with E-state index in [4.69, 9.17) is 0 Å². The molecule has 0 amide bonds. The van der Waals surface area contributed by atoms with Crippen LogP contribution < -0.4 is 5.32 Å². The second kappa shape index (κ2) is 5.30. The minimum absolute atomic E-state index is 0.184. The standard InChI is InChI=1S/C21H19FN2/c22-19-7-3-6-17-15(19)10-11-23-21(17)24-20-12-18-14-5-2-1-4-13(14)8-9-16(18)20/h1-7,10-11,16,18,20H,8-9,12H2,(H,23,24). The highest BCUT2D eigenvalue weighted by atomic mass is 19.1. The Kier molecular flexibility index (Phi) is 3.09. The number of hydrogen-bond acceptors (Lipinski definition) is 2. The molecule has 0 bridgehead atoms. The van der Waals surface area contributed by atoms with Gasteiger partial charge in [0, 0.05) is 23.0 Å². The summed E-state index contributed by atoms with van der Waals surface area (Å²) in [6.45, 7) is 0. The lowest BCUT2D eigenvalue weighted by molar-refractivity contribution is 0.194. The van der Waals surface area contributed by atoms with Crippen LogP contribution in [0, 0.1) is 11.7 Å². The molecule has 2 aliphatic carbocycles. The van der Waals surface area contributed by atoms with Crippen molar-refractivity contribution in [3.63, 3.8) is 0 Å². The van der Waals surface area contributed by atoms with Crippen molar-refractivity contribution in [2.75, 3.05) is 5.32 Å². The van der Waals surface area contributed by atoms with Crippen LogP contribution in [0.1, 0.15) is 29.9 Å². The third-order valence-electron chi connectivity index (χ3n) is 5.82. The first kappa shape index (κ1) is 14.0. The Labute approximate surface area is 140 Å². The number of nitrogens with zero attached hydrogens (tertiary/aromatic N) is 1. The minimum Gasteiger partial charge on any atom is -0.367 e. The first-order valence-corrected chi connectivity index (χ1v) is 8.69. The van der Waals surface area contributed by atoms with E-state index in [1.165, 1.54) is 23.6 Å². The number of nitrogens with one attached hydrogen (secondary N) is 1. The highest BCUT2D eigenvalue weighted by molar-refractivity contribution is 5.92. The van der Waals surface area contributed by atoms with Crippen molar-refractivity contribution in [3.05, 3.63) is 71.7 Å². The lowest BCUT2D eigenvalue weighted by Crippen LogP contribution is -2.47. The number of benzene rings is 2. The smallest absolute Gasteiger partial charge is 0.134 e. The van der Waals surface area contributed by atoms with Crippen LogP contribution in [0.2, 0.25) is 0 Å². The van der Waals surface area contributed by atoms with Crippen molar-refractivity contribution < 1.29 is 4.39 Å². The van der Waals surface area contributed by atoms with Gasteiger partial charge in [0.25, 0.3) is 0 Å². The van der Waals surface area contributed by atoms with Gasteiger partial charge in [-0.25, -0.2) is 9.37 Å². The average Bonchev–Trinajstić information content (AvgIpc) is 2.60. The molecular weight excluding hydrogens is 299 g/mol. The van der Waals surface area contributed by atoms with Gasteiger partial charge in [-0.1, -0.05) is 36.4 Å². The van der Waals surface area contributed by atoms with Crippen LogP contribution in [0.5, 0.6) is 0 Å². The molecule has 1 N–H and O–H groups in total. The van der Waals surface area contributed by atoms with E-state index in [2.05, 4.69) is 34.6 Å². The van der Waals surface area contributed by atoms with Gasteiger partial charge in [-0.2, -0.15) is 0 Å². The molecule has 0 radical (unpaired) electrons. The molecule has 3 aromatic rings. The molecule has 3 atom stereocenters. The van der Waals surface area contributed by atoms with Gasteiger partial charge in [0.2, 0.25) is 0 Å². The molecule has 5 rings (SSSR count). The van der Waals surface area contributed by atoms with E-state index in [0.717, 1.165) is 24.0 Å². The maximum Gasteiger partial charge on any atom is 0.134 e. The summed E-state index contributed by atoms with van der Waals surface area (Å²) in [6.07, 6.45) is 5.21. The summed E-state index contributed by atoms with van der Waals surface area (Å²) in [5.41, 5.74) is 3.05. The zero-order valence-electron chi connectivity index (χ0n) is 13.4. The molecule has 120 valence electrons. The number of fused-ring (bicyclic) bond motifs is 4. The monoisotopic (exact) mass is 318 g/mol. The molecular formula is C21H19FN2. The Morgan fingerprint density at radius 3 is 2.88 bits per heavy atom. The topological polar surface area (TPSA) is 24.9 Å². The number of halogens is 1. The van der Waals surface area contributed by atoms with E-state index in [1.807, 2.05) is 6.07 Å². The number of aryl methyl sites for hydroxylation is 1. The average molecular weight is 318 g/mol. The highest BCUT2D eigenvalue weighted by Gasteiger charge is 2.44. The number of anilines is 1. The predicted octanol–water partition coefficient (Wildman–Crippen LogP) is 4.90. The molecule has 1 fully saturated rings. The Morgan fingerprint density at radius 1 is 1.00 bits per heavy atom. The van der Waals surface area contributed by atoms with Crippen molar-refractivity contribution in [3.8, 4) is 0 Å². The summed E-state index contributed by atoms with van der Waals surface area (Å²) < 4.78 is 14.0. The van der Waals surface area contributed by atoms with Gasteiger partial charge < -0.3 is 5.32 Å². The fraction of sp³-hybridized carbons (Fsp3) is 0.286. The molecule has 0 aliphatic heterocycles. The molecule has 3 heteroatoms. The largest absolute Gasteiger partial charge is 0.367 e. The van der Waals surface area contributed by atoms with E-state index in [-0.39, 0.29) is 5.82 Å². The highest BCUT2D eigenvalue weighted by Crippen LogP contribution is 2.50. The predicted molar refractivity (Wildman–Crippen MR) is 94.7 cm³/mol. The van der Waals surface area contributed by atoms with Crippen LogP contribution in [0.25, 0.3) is 10.8 Å². The number of hydrogen-bond donors (Lipinski definition) is 1. The summed E-state index contributed by atoms with van der Waals surface area (Å²) in [5.74, 6) is 1.95. The van der Waals surface area contributed by atoms with Crippen molar-refractivity contribution in [2.24, 2.45) is 5.92 Å². The summed E-state index contributed by atoms with van der Waals surface area (Å²) in [5, 5.41) is 5.11. The molecule has 0 spiro atoms. The molecule has 2 nitrogen and oxygen atoms in total. The fourth-order valence-corrected chi connectivity index (χ4v) is 4.54. The quantitative estimate of drug-likeness (QED) is 0.726. The number of rotatable bonds is 2. The summed E-state index contributed by atoms with van der Waals surface area (Å²) >= 11 is 0. The second-order valence-electron chi connectivity index (χ2n) is 6.99. The van der Waals surface area contributed by atoms with Crippen LogP contribution in [0.3, 0.4) is 0 Å². The van der Waals surface area contributed by atoms with Gasteiger partial charge in [0.05, 0.1) is 0 Å².